The van der Waals surface area contributed by atoms with Gasteiger partial charge in [-0.2, -0.15) is 0 Å². The molecule has 0 N–H and O–H groups in total. The minimum Gasteiger partial charge on any atom is -0.497 e. The molecule has 0 saturated heterocycles. The Bertz CT molecular complexity index is 1390. The smallest absolute Gasteiger partial charge is 0.229 e. The molecule has 0 bridgehead atoms. The van der Waals surface area contributed by atoms with E-state index in [0.717, 1.165) is 10.3 Å². The van der Waals surface area contributed by atoms with Crippen LogP contribution >= 0.6 is 22.9 Å². The molecule has 0 unspecified atom stereocenters. The van der Waals surface area contributed by atoms with Gasteiger partial charge >= 0.3 is 0 Å². The van der Waals surface area contributed by atoms with Crippen molar-refractivity contribution < 1.29 is 17.9 Å². The van der Waals surface area contributed by atoms with E-state index >= 15 is 0 Å². The SMILES string of the molecule is COc1ccc(S(=O)(=O)CCCC(=O)N(Cc2cccnc2)c2nc3c(Cl)cccc3s2)cc1. The number of benzene rings is 2. The van der Waals surface area contributed by atoms with E-state index in [1.165, 1.54) is 30.6 Å². The van der Waals surface area contributed by atoms with Crippen molar-refractivity contribution in [2.24, 2.45) is 0 Å². The zero-order valence-electron chi connectivity index (χ0n) is 18.3. The first-order valence-electron chi connectivity index (χ1n) is 10.5. The lowest BCUT2D eigenvalue weighted by molar-refractivity contribution is -0.118. The van der Waals surface area contributed by atoms with E-state index in [-0.39, 0.29) is 35.9 Å². The van der Waals surface area contributed by atoms with Crippen LogP contribution in [0.3, 0.4) is 0 Å². The Kier molecular flexibility index (Phi) is 7.45. The number of aromatic nitrogens is 2. The summed E-state index contributed by atoms with van der Waals surface area (Å²) in [7, 11) is -2.00. The number of fused-ring (bicyclic) bond motifs is 1. The molecule has 2 heterocycles. The summed E-state index contributed by atoms with van der Waals surface area (Å²) in [5, 5.41) is 1.02. The van der Waals surface area contributed by atoms with Crippen molar-refractivity contribution in [3.63, 3.8) is 0 Å². The minimum atomic E-state index is -3.52. The van der Waals surface area contributed by atoms with Crippen LogP contribution in [0.4, 0.5) is 5.13 Å². The Morgan fingerprint density at radius 2 is 1.91 bits per heavy atom. The van der Waals surface area contributed by atoms with Crippen molar-refractivity contribution >= 4 is 54.0 Å². The maximum absolute atomic E-state index is 13.2. The summed E-state index contributed by atoms with van der Waals surface area (Å²) < 4.78 is 31.3. The third kappa shape index (κ3) is 5.55. The number of nitrogens with zero attached hydrogens (tertiary/aromatic N) is 3. The molecule has 4 aromatic rings. The second-order valence-corrected chi connectivity index (χ2v) is 11.0. The average molecular weight is 516 g/mol. The van der Waals surface area contributed by atoms with Crippen LogP contribution in [0.25, 0.3) is 10.2 Å². The van der Waals surface area contributed by atoms with Crippen molar-refractivity contribution in [2.75, 3.05) is 17.8 Å². The predicted octanol–water partition coefficient (Wildman–Crippen LogP) is 5.14. The van der Waals surface area contributed by atoms with Gasteiger partial charge in [0.2, 0.25) is 5.91 Å². The number of amides is 1. The molecule has 1 amide bonds. The number of thiazole rings is 1. The molecule has 0 aliphatic carbocycles. The van der Waals surface area contributed by atoms with Crippen molar-refractivity contribution in [1.29, 1.82) is 0 Å². The molecule has 0 radical (unpaired) electrons. The van der Waals surface area contributed by atoms with Gasteiger partial charge in [0.1, 0.15) is 11.3 Å². The average Bonchev–Trinajstić information content (AvgIpc) is 3.28. The molecule has 0 saturated carbocycles. The van der Waals surface area contributed by atoms with E-state index in [1.807, 2.05) is 18.2 Å². The summed E-state index contributed by atoms with van der Waals surface area (Å²) in [6.45, 7) is 0.273. The molecule has 0 atom stereocenters. The highest BCUT2D eigenvalue weighted by Crippen LogP contribution is 2.34. The standard InChI is InChI=1S/C24H22ClN3O4S2/c1-32-18-9-11-19(12-10-18)34(30,31)14-4-8-22(29)28(16-17-5-3-13-26-15-17)24-27-23-20(25)6-2-7-21(23)33-24/h2-3,5-7,9-13,15H,4,8,14,16H2,1H3. The molecule has 4 rings (SSSR count). The Hall–Kier alpha value is -3.01. The van der Waals surface area contributed by atoms with Crippen molar-refractivity contribution in [2.45, 2.75) is 24.3 Å². The van der Waals surface area contributed by atoms with Crippen LogP contribution in [0, 0.1) is 0 Å². The molecular weight excluding hydrogens is 494 g/mol. The fourth-order valence-corrected chi connectivity index (χ4v) is 6.00. The number of carbonyl (C=O) groups is 1. The van der Waals surface area contributed by atoms with Crippen LogP contribution in [0.5, 0.6) is 5.75 Å². The Morgan fingerprint density at radius 3 is 2.59 bits per heavy atom. The molecule has 2 aromatic heterocycles. The van der Waals surface area contributed by atoms with Gasteiger partial charge in [0, 0.05) is 18.8 Å². The monoisotopic (exact) mass is 515 g/mol. The summed E-state index contributed by atoms with van der Waals surface area (Å²) in [5.74, 6) is 0.220. The lowest BCUT2D eigenvalue weighted by atomic mass is 10.2. The largest absolute Gasteiger partial charge is 0.497 e. The first-order valence-corrected chi connectivity index (χ1v) is 13.3. The van der Waals surface area contributed by atoms with Gasteiger partial charge in [-0.25, -0.2) is 13.4 Å². The Balaban J connectivity index is 1.51. The number of methoxy groups -OCH3 is 1. The van der Waals surface area contributed by atoms with Crippen molar-refractivity contribution in [3.05, 3.63) is 77.6 Å². The van der Waals surface area contributed by atoms with E-state index in [1.54, 1.807) is 41.6 Å². The fraction of sp³-hybridized carbons (Fsp3) is 0.208. The van der Waals surface area contributed by atoms with Gasteiger partial charge in [-0.05, 0) is 54.4 Å². The summed E-state index contributed by atoms with van der Waals surface area (Å²) in [4.78, 5) is 23.7. The van der Waals surface area contributed by atoms with E-state index in [2.05, 4.69) is 9.97 Å². The van der Waals surface area contributed by atoms with Crippen molar-refractivity contribution in [1.82, 2.24) is 9.97 Å². The van der Waals surface area contributed by atoms with Gasteiger partial charge in [-0.15, -0.1) is 0 Å². The summed E-state index contributed by atoms with van der Waals surface area (Å²) in [6.07, 6.45) is 3.59. The van der Waals surface area contributed by atoms with E-state index in [9.17, 15) is 13.2 Å². The molecule has 0 spiro atoms. The fourth-order valence-electron chi connectivity index (χ4n) is 3.40. The van der Waals surface area contributed by atoms with Gasteiger partial charge in [0.05, 0.1) is 34.0 Å². The number of pyridine rings is 1. The maximum atomic E-state index is 13.2. The van der Waals surface area contributed by atoms with Crippen molar-refractivity contribution in [3.8, 4) is 5.75 Å². The number of hydrogen-bond acceptors (Lipinski definition) is 7. The van der Waals surface area contributed by atoms with Crippen LogP contribution in [-0.4, -0.2) is 37.2 Å². The Morgan fingerprint density at radius 1 is 1.12 bits per heavy atom. The highest BCUT2D eigenvalue weighted by Gasteiger charge is 2.22. The second kappa shape index (κ2) is 10.5. The number of carbonyl (C=O) groups excluding carboxylic acids is 1. The first-order chi connectivity index (χ1) is 16.4. The quantitative estimate of drug-likeness (QED) is 0.306. The van der Waals surface area contributed by atoms with Gasteiger partial charge < -0.3 is 4.74 Å². The van der Waals surface area contributed by atoms with E-state index < -0.39 is 9.84 Å². The molecule has 0 fully saturated rings. The molecule has 0 aliphatic rings. The number of hydrogen-bond donors (Lipinski definition) is 0. The van der Waals surface area contributed by atoms with Crippen LogP contribution < -0.4 is 9.64 Å². The summed E-state index contributed by atoms with van der Waals surface area (Å²) >= 11 is 7.65. The third-order valence-corrected chi connectivity index (χ3v) is 8.34. The molecular formula is C24H22ClN3O4S2. The molecule has 176 valence electrons. The van der Waals surface area contributed by atoms with Gasteiger partial charge in [-0.1, -0.05) is 35.1 Å². The number of sulfone groups is 1. The molecule has 10 heteroatoms. The molecule has 2 aromatic carbocycles. The predicted molar refractivity (Wildman–Crippen MR) is 134 cm³/mol. The lowest BCUT2D eigenvalue weighted by Gasteiger charge is -2.20. The zero-order chi connectivity index (χ0) is 24.1. The van der Waals surface area contributed by atoms with Crippen LogP contribution in [-0.2, 0) is 21.2 Å². The topological polar surface area (TPSA) is 89.5 Å². The minimum absolute atomic E-state index is 0.0549. The zero-order valence-corrected chi connectivity index (χ0v) is 20.7. The third-order valence-electron chi connectivity index (χ3n) is 5.18. The summed E-state index contributed by atoms with van der Waals surface area (Å²) in [5.41, 5.74) is 1.47. The highest BCUT2D eigenvalue weighted by molar-refractivity contribution is 7.91. The van der Waals surface area contributed by atoms with Crippen LogP contribution in [0.1, 0.15) is 18.4 Å². The number of para-hydroxylation sites is 1. The first kappa shape index (κ1) is 24.1. The number of rotatable bonds is 9. The number of anilines is 1. The normalized spacial score (nSPS) is 11.5. The molecule has 0 aliphatic heterocycles. The van der Waals surface area contributed by atoms with Gasteiger partial charge in [-0.3, -0.25) is 14.7 Å². The van der Waals surface area contributed by atoms with Crippen LogP contribution in [0.2, 0.25) is 5.02 Å². The number of ether oxygens (including phenoxy) is 1. The van der Waals surface area contributed by atoms with Gasteiger partial charge in [0.25, 0.3) is 0 Å². The highest BCUT2D eigenvalue weighted by atomic mass is 35.5. The number of halogens is 1. The van der Waals surface area contributed by atoms with Crippen LogP contribution in [0.15, 0.2) is 71.9 Å². The molecule has 34 heavy (non-hydrogen) atoms. The Labute approximate surface area is 206 Å². The second-order valence-electron chi connectivity index (χ2n) is 7.52. The van der Waals surface area contributed by atoms with Gasteiger partial charge in [0.15, 0.2) is 15.0 Å². The molecule has 7 nitrogen and oxygen atoms in total. The van der Waals surface area contributed by atoms with E-state index in [4.69, 9.17) is 16.3 Å². The maximum Gasteiger partial charge on any atom is 0.229 e. The van der Waals surface area contributed by atoms with E-state index in [0.29, 0.717) is 21.4 Å². The summed E-state index contributed by atoms with van der Waals surface area (Å²) in [6, 6.07) is 15.4. The lowest BCUT2D eigenvalue weighted by Crippen LogP contribution is -2.30.